The molecule has 0 saturated heterocycles. The number of anilines is 1. The minimum Gasteiger partial charge on any atom is -0.371 e. The summed E-state index contributed by atoms with van der Waals surface area (Å²) in [6.45, 7) is 0.882. The van der Waals surface area contributed by atoms with Crippen molar-refractivity contribution in [3.63, 3.8) is 0 Å². The summed E-state index contributed by atoms with van der Waals surface area (Å²) < 4.78 is 0. The zero-order valence-electron chi connectivity index (χ0n) is 10.8. The van der Waals surface area contributed by atoms with Gasteiger partial charge in [0.1, 0.15) is 6.07 Å². The molecule has 0 bridgehead atoms. The first-order chi connectivity index (χ1) is 8.78. The number of benzene rings is 1. The molecule has 0 spiro atoms. The molecule has 3 nitrogen and oxygen atoms in total. The van der Waals surface area contributed by atoms with Crippen LogP contribution in [0.1, 0.15) is 36.8 Å². The van der Waals surface area contributed by atoms with Crippen LogP contribution in [-0.4, -0.2) is 19.1 Å². The molecule has 94 valence electrons. The molecule has 1 aromatic rings. The summed E-state index contributed by atoms with van der Waals surface area (Å²) in [6.07, 6.45) is 5.11. The molecule has 3 rings (SSSR count). The van der Waals surface area contributed by atoms with Gasteiger partial charge in [-0.2, -0.15) is 5.26 Å². The average molecular weight is 241 g/mol. The van der Waals surface area contributed by atoms with Crippen LogP contribution in [0, 0.1) is 11.3 Å². The molecule has 0 heterocycles. The quantitative estimate of drug-likeness (QED) is 0.860. The molecule has 1 N–H and O–H groups in total. The van der Waals surface area contributed by atoms with Crippen molar-refractivity contribution >= 4 is 5.69 Å². The second-order valence-electron chi connectivity index (χ2n) is 5.46. The summed E-state index contributed by atoms with van der Waals surface area (Å²) >= 11 is 0. The molecule has 2 aliphatic rings. The predicted molar refractivity (Wildman–Crippen MR) is 72.4 cm³/mol. The van der Waals surface area contributed by atoms with Crippen molar-refractivity contribution in [3.05, 3.63) is 29.3 Å². The first kappa shape index (κ1) is 11.6. The van der Waals surface area contributed by atoms with Crippen LogP contribution in [0.5, 0.6) is 0 Å². The summed E-state index contributed by atoms with van der Waals surface area (Å²) in [4.78, 5) is 2.25. The predicted octanol–water partition coefficient (Wildman–Crippen LogP) is 2.41. The van der Waals surface area contributed by atoms with Crippen molar-refractivity contribution < 1.29 is 0 Å². The fraction of sp³-hybridized carbons (Fsp3) is 0.533. The number of hydrogen-bond acceptors (Lipinski definition) is 3. The van der Waals surface area contributed by atoms with E-state index in [1.54, 1.807) is 0 Å². The van der Waals surface area contributed by atoms with Crippen molar-refractivity contribution in [1.82, 2.24) is 5.32 Å². The van der Waals surface area contributed by atoms with E-state index < -0.39 is 0 Å². The Balaban J connectivity index is 1.75. The minimum atomic E-state index is 0.646. The molecule has 2 fully saturated rings. The maximum atomic E-state index is 9.29. The molecule has 2 saturated carbocycles. The standard InChI is InChI=1S/C15H19N3/c1-18(14-5-6-14)15-7-2-11(8-12(15)9-16)10-17-13-3-4-13/h2,7-8,13-14,17H,3-6,10H2,1H3. The van der Waals surface area contributed by atoms with Crippen molar-refractivity contribution in [3.8, 4) is 6.07 Å². The molecule has 0 amide bonds. The van der Waals surface area contributed by atoms with E-state index in [0.717, 1.165) is 17.8 Å². The highest BCUT2D eigenvalue weighted by atomic mass is 15.2. The maximum Gasteiger partial charge on any atom is 0.101 e. The highest BCUT2D eigenvalue weighted by Gasteiger charge is 2.27. The normalized spacial score (nSPS) is 18.4. The number of rotatable bonds is 5. The number of nitrogens with one attached hydrogen (secondary N) is 1. The lowest BCUT2D eigenvalue weighted by atomic mass is 10.1. The summed E-state index contributed by atoms with van der Waals surface area (Å²) in [5, 5.41) is 12.8. The van der Waals surface area contributed by atoms with Crippen LogP contribution in [0.4, 0.5) is 5.69 Å². The number of nitriles is 1. The molecule has 0 aliphatic heterocycles. The first-order valence-corrected chi connectivity index (χ1v) is 6.77. The van der Waals surface area contributed by atoms with Crippen molar-refractivity contribution in [2.45, 2.75) is 44.3 Å². The van der Waals surface area contributed by atoms with E-state index in [4.69, 9.17) is 0 Å². The molecule has 18 heavy (non-hydrogen) atoms. The first-order valence-electron chi connectivity index (χ1n) is 6.77. The summed E-state index contributed by atoms with van der Waals surface area (Å²) in [7, 11) is 2.09. The summed E-state index contributed by atoms with van der Waals surface area (Å²) in [5.41, 5.74) is 3.10. The van der Waals surface area contributed by atoms with Gasteiger partial charge in [-0.1, -0.05) is 6.07 Å². The van der Waals surface area contributed by atoms with E-state index in [1.807, 2.05) is 6.07 Å². The molecular formula is C15H19N3. The monoisotopic (exact) mass is 241 g/mol. The van der Waals surface area contributed by atoms with Crippen LogP contribution in [0.2, 0.25) is 0 Å². The van der Waals surface area contributed by atoms with Gasteiger partial charge in [-0.05, 0) is 43.4 Å². The van der Waals surface area contributed by atoms with Crippen LogP contribution in [-0.2, 0) is 6.54 Å². The SMILES string of the molecule is CN(c1ccc(CNC2CC2)cc1C#N)C1CC1. The summed E-state index contributed by atoms with van der Waals surface area (Å²) in [6, 6.07) is 9.96. The Morgan fingerprint density at radius 1 is 1.33 bits per heavy atom. The van der Waals surface area contributed by atoms with Crippen LogP contribution >= 0.6 is 0 Å². The van der Waals surface area contributed by atoms with Gasteiger partial charge in [0.25, 0.3) is 0 Å². The highest BCUT2D eigenvalue weighted by Crippen LogP contribution is 2.32. The fourth-order valence-electron chi connectivity index (χ4n) is 2.30. The molecule has 3 heteroatoms. The van der Waals surface area contributed by atoms with E-state index in [9.17, 15) is 5.26 Å². The molecule has 0 aromatic heterocycles. The lowest BCUT2D eigenvalue weighted by Crippen LogP contribution is -2.21. The number of nitrogens with zero attached hydrogens (tertiary/aromatic N) is 2. The Labute approximate surface area is 108 Å². The third-order valence-electron chi connectivity index (χ3n) is 3.83. The lowest BCUT2D eigenvalue weighted by molar-refractivity contribution is 0.687. The van der Waals surface area contributed by atoms with Crippen LogP contribution < -0.4 is 10.2 Å². The molecular weight excluding hydrogens is 222 g/mol. The minimum absolute atomic E-state index is 0.646. The van der Waals surface area contributed by atoms with Gasteiger partial charge in [0, 0.05) is 25.7 Å². The largest absolute Gasteiger partial charge is 0.371 e. The molecule has 0 atom stereocenters. The van der Waals surface area contributed by atoms with E-state index in [2.05, 4.69) is 35.5 Å². The van der Waals surface area contributed by atoms with Gasteiger partial charge >= 0.3 is 0 Å². The summed E-state index contributed by atoms with van der Waals surface area (Å²) in [5.74, 6) is 0. The average Bonchev–Trinajstić information content (AvgIpc) is 3.28. The van der Waals surface area contributed by atoms with Crippen LogP contribution in [0.3, 0.4) is 0 Å². The van der Waals surface area contributed by atoms with Gasteiger partial charge in [0.05, 0.1) is 11.3 Å². The zero-order valence-corrected chi connectivity index (χ0v) is 10.8. The van der Waals surface area contributed by atoms with Crippen molar-refractivity contribution in [2.24, 2.45) is 0 Å². The molecule has 0 radical (unpaired) electrons. The third kappa shape index (κ3) is 2.49. The Morgan fingerprint density at radius 2 is 2.11 bits per heavy atom. The Hall–Kier alpha value is -1.53. The maximum absolute atomic E-state index is 9.29. The van der Waals surface area contributed by atoms with Gasteiger partial charge < -0.3 is 10.2 Å². The molecule has 1 aromatic carbocycles. The van der Waals surface area contributed by atoms with Crippen LogP contribution in [0.15, 0.2) is 18.2 Å². The Bertz CT molecular complexity index is 481. The van der Waals surface area contributed by atoms with Gasteiger partial charge in [0.2, 0.25) is 0 Å². The van der Waals surface area contributed by atoms with Gasteiger partial charge in [0.15, 0.2) is 0 Å². The van der Waals surface area contributed by atoms with Gasteiger partial charge in [-0.3, -0.25) is 0 Å². The Kier molecular flexibility index (Phi) is 2.97. The van der Waals surface area contributed by atoms with E-state index in [0.29, 0.717) is 12.1 Å². The zero-order chi connectivity index (χ0) is 12.5. The molecule has 0 unspecified atom stereocenters. The van der Waals surface area contributed by atoms with Gasteiger partial charge in [-0.15, -0.1) is 0 Å². The third-order valence-corrected chi connectivity index (χ3v) is 3.83. The van der Waals surface area contributed by atoms with Crippen molar-refractivity contribution in [1.29, 1.82) is 5.26 Å². The number of hydrogen-bond donors (Lipinski definition) is 1. The van der Waals surface area contributed by atoms with Gasteiger partial charge in [-0.25, -0.2) is 0 Å². The van der Waals surface area contributed by atoms with E-state index >= 15 is 0 Å². The van der Waals surface area contributed by atoms with E-state index in [1.165, 1.54) is 31.2 Å². The lowest BCUT2D eigenvalue weighted by Gasteiger charge is -2.20. The molecule has 2 aliphatic carbocycles. The highest BCUT2D eigenvalue weighted by molar-refractivity contribution is 5.61. The van der Waals surface area contributed by atoms with Crippen LogP contribution in [0.25, 0.3) is 0 Å². The Morgan fingerprint density at radius 3 is 2.72 bits per heavy atom. The smallest absolute Gasteiger partial charge is 0.101 e. The fourth-order valence-corrected chi connectivity index (χ4v) is 2.30. The second kappa shape index (κ2) is 4.62. The second-order valence-corrected chi connectivity index (χ2v) is 5.46. The van der Waals surface area contributed by atoms with E-state index in [-0.39, 0.29) is 0 Å². The topological polar surface area (TPSA) is 39.1 Å². The van der Waals surface area contributed by atoms with Crippen molar-refractivity contribution in [2.75, 3.05) is 11.9 Å².